The first-order valence-corrected chi connectivity index (χ1v) is 16.6. The number of esters is 2. The highest BCUT2D eigenvalue weighted by atomic mass is 32.1. The van der Waals surface area contributed by atoms with Gasteiger partial charge in [0.15, 0.2) is 16.6 Å². The molecule has 2 aromatic heterocycles. The average molecular weight is 704 g/mol. The second-order valence-corrected chi connectivity index (χ2v) is 11.9. The molecule has 0 atom stereocenters. The largest absolute Gasteiger partial charge is 0.493 e. The summed E-state index contributed by atoms with van der Waals surface area (Å²) >= 11 is 2.74. The lowest BCUT2D eigenvalue weighted by Crippen LogP contribution is -2.16. The fourth-order valence-corrected chi connectivity index (χ4v) is 6.54. The smallest absolute Gasteiger partial charge is 0.338 e. The number of nitrogens with zero attached hydrogens (tertiary/aromatic N) is 2. The third kappa shape index (κ3) is 7.90. The third-order valence-electron chi connectivity index (χ3n) is 6.90. The predicted octanol–water partition coefficient (Wildman–Crippen LogP) is 6.89. The van der Waals surface area contributed by atoms with E-state index in [4.69, 9.17) is 34.4 Å². The van der Waals surface area contributed by atoms with E-state index in [1.165, 1.54) is 48.0 Å². The number of nitrogens with one attached hydrogen (secondary N) is 2. The van der Waals surface area contributed by atoms with Crippen LogP contribution in [0.5, 0.6) is 17.2 Å². The number of ether oxygens (including phenoxy) is 5. The first-order chi connectivity index (χ1) is 23.7. The van der Waals surface area contributed by atoms with Crippen LogP contribution in [0.3, 0.4) is 0 Å². The maximum atomic E-state index is 13.3. The molecule has 0 radical (unpaired) electrons. The number of hydrogen-bond donors (Lipinski definition) is 3. The number of methoxy groups -OCH3 is 3. The number of carbonyl (C=O) groups is 3. The lowest BCUT2D eigenvalue weighted by Gasteiger charge is -2.14. The first kappa shape index (κ1) is 34.7. The van der Waals surface area contributed by atoms with Gasteiger partial charge in [0.2, 0.25) is 5.75 Å². The van der Waals surface area contributed by atoms with Gasteiger partial charge < -0.3 is 40.1 Å². The average Bonchev–Trinajstić information content (AvgIpc) is 3.74. The van der Waals surface area contributed by atoms with E-state index in [2.05, 4.69) is 15.6 Å². The normalized spacial score (nSPS) is 10.6. The summed E-state index contributed by atoms with van der Waals surface area (Å²) in [5, 5.41) is 9.17. The Morgan fingerprint density at radius 3 is 2.02 bits per heavy atom. The second-order valence-electron chi connectivity index (χ2n) is 10.1. The van der Waals surface area contributed by atoms with Crippen LogP contribution < -0.4 is 30.6 Å². The zero-order valence-corrected chi connectivity index (χ0v) is 28.9. The van der Waals surface area contributed by atoms with Gasteiger partial charge in [-0.3, -0.25) is 4.79 Å². The molecule has 5 aromatic rings. The van der Waals surface area contributed by atoms with Crippen molar-refractivity contribution < 1.29 is 38.1 Å². The maximum absolute atomic E-state index is 13.3. The van der Waals surface area contributed by atoms with E-state index in [-0.39, 0.29) is 29.9 Å². The van der Waals surface area contributed by atoms with Gasteiger partial charge in [-0.05, 0) is 44.2 Å². The molecule has 0 aliphatic rings. The molecule has 49 heavy (non-hydrogen) atoms. The Balaban J connectivity index is 1.35. The van der Waals surface area contributed by atoms with Crippen LogP contribution in [0, 0.1) is 0 Å². The van der Waals surface area contributed by atoms with E-state index in [9.17, 15) is 14.4 Å². The zero-order chi connectivity index (χ0) is 35.1. The topological polar surface area (TPSA) is 173 Å². The van der Waals surface area contributed by atoms with Crippen molar-refractivity contribution in [1.29, 1.82) is 0 Å². The summed E-state index contributed by atoms with van der Waals surface area (Å²) in [4.78, 5) is 48.2. The molecule has 0 aliphatic carbocycles. The lowest BCUT2D eigenvalue weighted by atomic mass is 10.0. The predicted molar refractivity (Wildman–Crippen MR) is 189 cm³/mol. The standard InChI is InChI=1S/C34H33N5O8S2/c1-6-46-32(41)20-11-19(12-21(13-20)33(42)47-7-2)30(40)36-22-10-8-9-18(14-22)24-17-48-31(38-24)28-29(35)39-34(49-28)37-23-15-25(43-3)27(45-5)26(16-23)44-4/h8-17H,6-7,35H2,1-5H3,(H,36,40)(H,37,39). The first-order valence-electron chi connectivity index (χ1n) is 14.9. The van der Waals surface area contributed by atoms with E-state index in [1.807, 2.05) is 11.4 Å². The minimum Gasteiger partial charge on any atom is -0.493 e. The Bertz CT molecular complexity index is 1950. The molecule has 0 unspecified atom stereocenters. The van der Waals surface area contributed by atoms with Gasteiger partial charge in [0.1, 0.15) is 15.7 Å². The molecule has 0 aliphatic heterocycles. The molecule has 15 heteroatoms. The molecular formula is C34H33N5O8S2. The van der Waals surface area contributed by atoms with Crippen LogP contribution in [-0.4, -0.2) is 62.4 Å². The molecule has 3 aromatic carbocycles. The van der Waals surface area contributed by atoms with E-state index >= 15 is 0 Å². The summed E-state index contributed by atoms with van der Waals surface area (Å²) in [7, 11) is 4.62. The fourth-order valence-electron chi connectivity index (χ4n) is 4.71. The Hall–Kier alpha value is -5.67. The number of carbonyl (C=O) groups excluding carboxylic acids is 3. The van der Waals surface area contributed by atoms with Crippen LogP contribution in [0.15, 0.2) is 60.0 Å². The number of benzene rings is 3. The molecule has 0 saturated heterocycles. The van der Waals surface area contributed by atoms with Crippen molar-refractivity contribution >= 4 is 62.8 Å². The number of anilines is 4. The monoisotopic (exact) mass is 703 g/mol. The molecule has 0 spiro atoms. The molecule has 5 rings (SSSR count). The van der Waals surface area contributed by atoms with Crippen LogP contribution in [0.4, 0.5) is 22.3 Å². The van der Waals surface area contributed by atoms with Gasteiger partial charge in [-0.15, -0.1) is 11.3 Å². The van der Waals surface area contributed by atoms with E-state index in [0.29, 0.717) is 55.2 Å². The van der Waals surface area contributed by atoms with Crippen molar-refractivity contribution in [2.75, 3.05) is 50.9 Å². The van der Waals surface area contributed by atoms with Crippen molar-refractivity contribution in [2.24, 2.45) is 0 Å². The highest BCUT2D eigenvalue weighted by molar-refractivity contribution is 7.23. The zero-order valence-electron chi connectivity index (χ0n) is 27.2. The molecule has 0 bridgehead atoms. The Kier molecular flexibility index (Phi) is 11.0. The summed E-state index contributed by atoms with van der Waals surface area (Å²) < 4.78 is 26.4. The number of nitrogen functional groups attached to an aromatic ring is 1. The molecular weight excluding hydrogens is 671 g/mol. The molecule has 4 N–H and O–H groups in total. The van der Waals surface area contributed by atoms with Crippen LogP contribution in [0.25, 0.3) is 21.1 Å². The van der Waals surface area contributed by atoms with Crippen molar-refractivity contribution in [3.05, 3.63) is 76.7 Å². The summed E-state index contributed by atoms with van der Waals surface area (Å²) in [6.45, 7) is 3.61. The molecule has 2 heterocycles. The Morgan fingerprint density at radius 2 is 1.43 bits per heavy atom. The van der Waals surface area contributed by atoms with Crippen LogP contribution in [0.2, 0.25) is 0 Å². The summed E-state index contributed by atoms with van der Waals surface area (Å²) in [6.07, 6.45) is 0. The van der Waals surface area contributed by atoms with Crippen LogP contribution in [-0.2, 0) is 9.47 Å². The number of hydrogen-bond acceptors (Lipinski definition) is 14. The summed E-state index contributed by atoms with van der Waals surface area (Å²) in [6, 6.07) is 14.8. The number of thiazole rings is 2. The van der Waals surface area contributed by atoms with Gasteiger partial charge in [-0.25, -0.2) is 19.6 Å². The summed E-state index contributed by atoms with van der Waals surface area (Å²) in [5.74, 6) is -0.0801. The van der Waals surface area contributed by atoms with Gasteiger partial charge in [0, 0.05) is 40.0 Å². The molecule has 254 valence electrons. The highest BCUT2D eigenvalue weighted by Crippen LogP contribution is 2.43. The van der Waals surface area contributed by atoms with Gasteiger partial charge in [-0.2, -0.15) is 0 Å². The quantitative estimate of drug-likeness (QED) is 0.109. The van der Waals surface area contributed by atoms with Gasteiger partial charge in [-0.1, -0.05) is 23.5 Å². The minimum absolute atomic E-state index is 0.0606. The maximum Gasteiger partial charge on any atom is 0.338 e. The Labute approximate surface area is 290 Å². The number of amides is 1. The molecule has 1 amide bonds. The third-order valence-corrected chi connectivity index (χ3v) is 8.88. The SMILES string of the molecule is CCOC(=O)c1cc(C(=O)Nc2cccc(-c3csc(-c4sc(Nc5cc(OC)c(OC)c(OC)c5)nc4N)n3)c2)cc(C(=O)OCC)c1. The highest BCUT2D eigenvalue weighted by Gasteiger charge is 2.20. The van der Waals surface area contributed by atoms with Crippen LogP contribution >= 0.6 is 22.7 Å². The minimum atomic E-state index is -0.658. The van der Waals surface area contributed by atoms with Crippen molar-refractivity contribution in [3.8, 4) is 38.4 Å². The lowest BCUT2D eigenvalue weighted by molar-refractivity contribution is 0.0525. The fraction of sp³-hybridized carbons (Fsp3) is 0.206. The summed E-state index contributed by atoms with van der Waals surface area (Å²) in [5.41, 5.74) is 9.07. The van der Waals surface area contributed by atoms with Gasteiger partial charge in [0.05, 0.1) is 51.4 Å². The number of aromatic nitrogens is 2. The molecule has 0 saturated carbocycles. The van der Waals surface area contributed by atoms with E-state index in [0.717, 1.165) is 5.56 Å². The second kappa shape index (κ2) is 15.5. The van der Waals surface area contributed by atoms with Crippen molar-refractivity contribution in [1.82, 2.24) is 9.97 Å². The Morgan fingerprint density at radius 1 is 0.796 bits per heavy atom. The molecule has 0 fully saturated rings. The van der Waals surface area contributed by atoms with Gasteiger partial charge >= 0.3 is 11.9 Å². The van der Waals surface area contributed by atoms with E-state index in [1.54, 1.807) is 58.4 Å². The van der Waals surface area contributed by atoms with Crippen LogP contribution in [0.1, 0.15) is 44.9 Å². The van der Waals surface area contributed by atoms with Crippen molar-refractivity contribution in [3.63, 3.8) is 0 Å². The van der Waals surface area contributed by atoms with E-state index < -0.39 is 17.8 Å². The number of nitrogens with two attached hydrogens (primary N) is 1. The number of rotatable bonds is 13. The molecule has 13 nitrogen and oxygen atoms in total. The van der Waals surface area contributed by atoms with Crippen molar-refractivity contribution in [2.45, 2.75) is 13.8 Å². The van der Waals surface area contributed by atoms with Gasteiger partial charge in [0.25, 0.3) is 5.91 Å².